The zero-order valence-corrected chi connectivity index (χ0v) is 17.1. The number of nitrogens with one attached hydrogen (secondary N) is 1. The second kappa shape index (κ2) is 11.5. The highest BCUT2D eigenvalue weighted by atomic mass is 19.4. The number of hydrogen-bond donors (Lipinski definition) is 3. The van der Waals surface area contributed by atoms with Crippen LogP contribution in [0.1, 0.15) is 48.0 Å². The molecule has 1 amide bonds. The van der Waals surface area contributed by atoms with Gasteiger partial charge in [-0.2, -0.15) is 13.2 Å². The van der Waals surface area contributed by atoms with Crippen molar-refractivity contribution in [3.05, 3.63) is 59.7 Å². The molecule has 0 aromatic heterocycles. The highest BCUT2D eigenvalue weighted by Crippen LogP contribution is 2.23. The first-order valence-corrected chi connectivity index (χ1v) is 10.2. The number of halogens is 3. The van der Waals surface area contributed by atoms with E-state index in [1.807, 2.05) is 18.2 Å². The average molecular weight is 436 g/mol. The van der Waals surface area contributed by atoms with Crippen LogP contribution < -0.4 is 11.1 Å². The van der Waals surface area contributed by atoms with E-state index in [9.17, 15) is 18.0 Å². The number of alkyl halides is 3. The van der Waals surface area contributed by atoms with Gasteiger partial charge in [0.25, 0.3) is 0 Å². The van der Waals surface area contributed by atoms with E-state index in [0.29, 0.717) is 5.56 Å². The van der Waals surface area contributed by atoms with Crippen LogP contribution in [0.2, 0.25) is 0 Å². The minimum atomic E-state index is -5.08. The summed E-state index contributed by atoms with van der Waals surface area (Å²) in [6.07, 6.45) is 1.87. The molecule has 0 saturated heterocycles. The van der Waals surface area contributed by atoms with Crippen molar-refractivity contribution in [2.45, 2.75) is 44.8 Å². The van der Waals surface area contributed by atoms with Gasteiger partial charge >= 0.3 is 12.1 Å². The molecule has 4 N–H and O–H groups in total. The van der Waals surface area contributed by atoms with Gasteiger partial charge in [0.05, 0.1) is 0 Å². The van der Waals surface area contributed by atoms with Crippen LogP contribution in [-0.4, -0.2) is 29.7 Å². The summed E-state index contributed by atoms with van der Waals surface area (Å²) >= 11 is 0. The van der Waals surface area contributed by atoms with Gasteiger partial charge in [-0.05, 0) is 54.1 Å². The monoisotopic (exact) mass is 436 g/mol. The van der Waals surface area contributed by atoms with Crippen molar-refractivity contribution in [3.8, 4) is 11.1 Å². The minimum absolute atomic E-state index is 0.389. The molecule has 1 aliphatic carbocycles. The summed E-state index contributed by atoms with van der Waals surface area (Å²) < 4.78 is 31.7. The van der Waals surface area contributed by atoms with Crippen LogP contribution >= 0.6 is 0 Å². The summed E-state index contributed by atoms with van der Waals surface area (Å²) in [5.74, 6) is -2.29. The van der Waals surface area contributed by atoms with Gasteiger partial charge < -0.3 is 16.2 Å². The summed E-state index contributed by atoms with van der Waals surface area (Å²) in [6.45, 7) is 2.04. The molecule has 0 heterocycles. The fourth-order valence-electron chi connectivity index (χ4n) is 3.48. The van der Waals surface area contributed by atoms with E-state index in [1.165, 1.54) is 37.7 Å². The Hall–Kier alpha value is -2.87. The molecular formula is C23H27F3N2O3. The fourth-order valence-corrected chi connectivity index (χ4v) is 3.48. The van der Waals surface area contributed by atoms with Gasteiger partial charge in [-0.25, -0.2) is 4.79 Å². The summed E-state index contributed by atoms with van der Waals surface area (Å²) in [4.78, 5) is 20.2. The average Bonchev–Trinajstić information content (AvgIpc) is 2.75. The van der Waals surface area contributed by atoms with Gasteiger partial charge in [0.15, 0.2) is 0 Å². The first kappa shape index (κ1) is 24.4. The largest absolute Gasteiger partial charge is 0.490 e. The van der Waals surface area contributed by atoms with E-state index >= 15 is 0 Å². The zero-order valence-electron chi connectivity index (χ0n) is 17.1. The molecule has 0 atom stereocenters. The van der Waals surface area contributed by atoms with Gasteiger partial charge in [0, 0.05) is 12.1 Å². The van der Waals surface area contributed by atoms with Crippen molar-refractivity contribution >= 4 is 11.9 Å². The van der Waals surface area contributed by atoms with Crippen molar-refractivity contribution in [1.29, 1.82) is 0 Å². The lowest BCUT2D eigenvalue weighted by molar-refractivity contribution is -0.192. The summed E-state index contributed by atoms with van der Waals surface area (Å²) in [6, 6.07) is 16.0. The number of carbonyl (C=O) groups excluding carboxylic acids is 1. The summed E-state index contributed by atoms with van der Waals surface area (Å²) in [5, 5.41) is 10.7. The Labute approximate surface area is 179 Å². The highest BCUT2D eigenvalue weighted by molar-refractivity contribution is 5.94. The Balaban J connectivity index is 0.000000423. The van der Waals surface area contributed by atoms with Crippen LogP contribution in [0.3, 0.4) is 0 Å². The number of hydrogen-bond acceptors (Lipinski definition) is 3. The number of carboxylic acids is 1. The molecule has 8 heteroatoms. The molecule has 0 bridgehead atoms. The second-order valence-corrected chi connectivity index (χ2v) is 7.58. The molecule has 1 aliphatic rings. The Kier molecular flexibility index (Phi) is 9.05. The van der Waals surface area contributed by atoms with Crippen LogP contribution in [0.25, 0.3) is 11.1 Å². The fraction of sp³-hybridized carbons (Fsp3) is 0.391. The molecule has 5 nitrogen and oxygen atoms in total. The van der Waals surface area contributed by atoms with Crippen LogP contribution in [0.4, 0.5) is 13.2 Å². The van der Waals surface area contributed by atoms with E-state index in [0.717, 1.165) is 30.1 Å². The number of benzene rings is 2. The number of rotatable bonds is 6. The molecule has 1 fully saturated rings. The lowest BCUT2D eigenvalue weighted by Gasteiger charge is -2.21. The number of amides is 1. The van der Waals surface area contributed by atoms with Crippen LogP contribution in [0.15, 0.2) is 48.5 Å². The molecule has 0 unspecified atom stereocenters. The van der Waals surface area contributed by atoms with E-state index in [1.54, 1.807) is 6.07 Å². The smallest absolute Gasteiger partial charge is 0.475 e. The first-order valence-electron chi connectivity index (χ1n) is 10.2. The normalized spacial score (nSPS) is 14.4. The van der Waals surface area contributed by atoms with Gasteiger partial charge in [0.2, 0.25) is 5.91 Å². The van der Waals surface area contributed by atoms with Gasteiger partial charge in [-0.1, -0.05) is 55.7 Å². The third-order valence-corrected chi connectivity index (χ3v) is 5.16. The van der Waals surface area contributed by atoms with Crippen LogP contribution in [0, 0.1) is 5.92 Å². The standard InChI is InChI=1S/C21H26N2O.C2HF3O2/c22-21(24)20-8-4-7-19(13-20)18-11-9-17(10-12-18)15-23-14-16-5-2-1-3-6-16;3-2(4,5)1(6)7/h4,7-13,16,23H,1-3,5-6,14-15H2,(H2,22,24);(H,6,7). The minimum Gasteiger partial charge on any atom is -0.475 e. The predicted molar refractivity (Wildman–Crippen MR) is 112 cm³/mol. The second-order valence-electron chi connectivity index (χ2n) is 7.58. The van der Waals surface area contributed by atoms with E-state index < -0.39 is 12.1 Å². The maximum Gasteiger partial charge on any atom is 0.490 e. The molecule has 31 heavy (non-hydrogen) atoms. The zero-order chi connectivity index (χ0) is 22.9. The number of primary amides is 1. The molecule has 0 radical (unpaired) electrons. The molecule has 3 rings (SSSR count). The van der Waals surface area contributed by atoms with Crippen molar-refractivity contribution in [2.24, 2.45) is 11.7 Å². The van der Waals surface area contributed by atoms with Crippen molar-refractivity contribution in [2.75, 3.05) is 6.54 Å². The number of carbonyl (C=O) groups is 2. The van der Waals surface area contributed by atoms with E-state index in [2.05, 4.69) is 29.6 Å². The third-order valence-electron chi connectivity index (χ3n) is 5.16. The van der Waals surface area contributed by atoms with Gasteiger partial charge in [-0.15, -0.1) is 0 Å². The number of nitrogens with two attached hydrogens (primary N) is 1. The Morgan fingerprint density at radius 1 is 1.00 bits per heavy atom. The third kappa shape index (κ3) is 8.41. The molecule has 0 aliphatic heterocycles. The van der Waals surface area contributed by atoms with Gasteiger partial charge in [0.1, 0.15) is 0 Å². The lowest BCUT2D eigenvalue weighted by atomic mass is 9.89. The van der Waals surface area contributed by atoms with E-state index in [4.69, 9.17) is 15.6 Å². The molecular weight excluding hydrogens is 409 g/mol. The Morgan fingerprint density at radius 3 is 2.16 bits per heavy atom. The summed E-state index contributed by atoms with van der Waals surface area (Å²) in [7, 11) is 0. The molecule has 2 aromatic carbocycles. The van der Waals surface area contributed by atoms with Gasteiger partial charge in [-0.3, -0.25) is 4.79 Å². The number of carboxylic acid groups (broad SMARTS) is 1. The summed E-state index contributed by atoms with van der Waals surface area (Å²) in [5.41, 5.74) is 9.32. The van der Waals surface area contributed by atoms with Crippen LogP contribution in [0.5, 0.6) is 0 Å². The molecule has 0 spiro atoms. The molecule has 2 aromatic rings. The van der Waals surface area contributed by atoms with Crippen molar-refractivity contribution in [1.82, 2.24) is 5.32 Å². The topological polar surface area (TPSA) is 92.4 Å². The molecule has 168 valence electrons. The first-order chi connectivity index (χ1) is 14.7. The maximum atomic E-state index is 11.3. The van der Waals surface area contributed by atoms with Crippen molar-refractivity contribution in [3.63, 3.8) is 0 Å². The Bertz CT molecular complexity index is 861. The number of aliphatic carboxylic acids is 1. The van der Waals surface area contributed by atoms with E-state index in [-0.39, 0.29) is 5.91 Å². The SMILES string of the molecule is NC(=O)c1cccc(-c2ccc(CNCC3CCCCC3)cc2)c1.O=C(O)C(F)(F)F. The highest BCUT2D eigenvalue weighted by Gasteiger charge is 2.38. The quantitative estimate of drug-likeness (QED) is 0.609. The maximum absolute atomic E-state index is 11.3. The van der Waals surface area contributed by atoms with Crippen LogP contribution in [-0.2, 0) is 11.3 Å². The molecule has 1 saturated carbocycles. The predicted octanol–water partition coefficient (Wildman–Crippen LogP) is 4.76. The lowest BCUT2D eigenvalue weighted by Crippen LogP contribution is -2.24. The Morgan fingerprint density at radius 2 is 1.61 bits per heavy atom. The van der Waals surface area contributed by atoms with Crippen molar-refractivity contribution < 1.29 is 27.9 Å².